The fraction of sp³-hybridized carbons (Fsp3) is 0.186. The lowest BCUT2D eigenvalue weighted by Gasteiger charge is -2.26. The van der Waals surface area contributed by atoms with Crippen molar-refractivity contribution in [3.63, 3.8) is 0 Å². The van der Waals surface area contributed by atoms with Crippen LogP contribution in [0.1, 0.15) is 66.4 Å². The molecule has 244 valence electrons. The molecule has 0 amide bonds. The summed E-state index contributed by atoms with van der Waals surface area (Å²) >= 11 is 3.04. The molecular formula is C43H39N3OS2. The molecule has 5 aromatic carbocycles. The summed E-state index contributed by atoms with van der Waals surface area (Å²) in [6, 6.07) is 44.8. The lowest BCUT2D eigenvalue weighted by atomic mass is 9.89. The van der Waals surface area contributed by atoms with E-state index in [0.29, 0.717) is 11.5 Å². The Morgan fingerprint density at radius 2 is 1.33 bits per heavy atom. The van der Waals surface area contributed by atoms with Crippen LogP contribution in [0.3, 0.4) is 0 Å². The van der Waals surface area contributed by atoms with E-state index < -0.39 is 0 Å². The van der Waals surface area contributed by atoms with E-state index in [-0.39, 0.29) is 0 Å². The monoisotopic (exact) mass is 677 g/mol. The van der Waals surface area contributed by atoms with Crippen LogP contribution < -0.4 is 4.90 Å². The first kappa shape index (κ1) is 32.6. The maximum atomic E-state index is 11.1. The van der Waals surface area contributed by atoms with Crippen molar-refractivity contribution in [1.82, 2.24) is 8.75 Å². The number of nitrogens with zero attached hydrogens (tertiary/aromatic N) is 3. The van der Waals surface area contributed by atoms with Crippen molar-refractivity contribution in [1.29, 1.82) is 0 Å². The largest absolute Gasteiger partial charge is 0.311 e. The number of benzene rings is 5. The number of fused-ring (bicyclic) bond motifs is 1. The van der Waals surface area contributed by atoms with E-state index >= 15 is 0 Å². The Morgan fingerprint density at radius 1 is 0.694 bits per heavy atom. The molecule has 7 rings (SSSR count). The number of carbonyl (C=O) groups excluding carboxylic acids is 1. The molecule has 0 aliphatic carbocycles. The number of rotatable bonds is 14. The molecule has 4 nitrogen and oxygen atoms in total. The summed E-state index contributed by atoms with van der Waals surface area (Å²) in [4.78, 5) is 14.7. The van der Waals surface area contributed by atoms with Gasteiger partial charge in [0.05, 0.1) is 11.7 Å². The second-order valence-electron chi connectivity index (χ2n) is 12.5. The molecule has 0 fully saturated rings. The minimum atomic E-state index is 0.567. The van der Waals surface area contributed by atoms with E-state index in [1.54, 1.807) is 11.3 Å². The average molecular weight is 678 g/mol. The Morgan fingerprint density at radius 3 is 1.98 bits per heavy atom. The summed E-state index contributed by atoms with van der Waals surface area (Å²) in [5.41, 5.74) is 12.1. The van der Waals surface area contributed by atoms with Crippen LogP contribution in [0.25, 0.3) is 32.6 Å². The van der Waals surface area contributed by atoms with E-state index in [9.17, 15) is 4.79 Å². The summed E-state index contributed by atoms with van der Waals surface area (Å²) in [5, 5.41) is 2.31. The highest BCUT2D eigenvalue weighted by Crippen LogP contribution is 2.39. The number of hydrogen-bond acceptors (Lipinski definition) is 6. The average Bonchev–Trinajstić information content (AvgIpc) is 3.85. The highest BCUT2D eigenvalue weighted by atomic mass is 32.1. The minimum absolute atomic E-state index is 0.567. The van der Waals surface area contributed by atoms with Gasteiger partial charge in [0.15, 0.2) is 0 Å². The van der Waals surface area contributed by atoms with Gasteiger partial charge in [0.25, 0.3) is 0 Å². The molecule has 7 aromatic rings. The van der Waals surface area contributed by atoms with Crippen molar-refractivity contribution in [3.05, 3.63) is 149 Å². The van der Waals surface area contributed by atoms with Crippen LogP contribution in [0.5, 0.6) is 0 Å². The van der Waals surface area contributed by atoms with Crippen LogP contribution in [-0.2, 0) is 6.42 Å². The van der Waals surface area contributed by atoms with Gasteiger partial charge in [-0.25, -0.2) is 0 Å². The van der Waals surface area contributed by atoms with Crippen LogP contribution in [0.2, 0.25) is 0 Å². The van der Waals surface area contributed by atoms with Crippen molar-refractivity contribution in [2.24, 2.45) is 0 Å². The molecule has 0 bridgehead atoms. The van der Waals surface area contributed by atoms with E-state index in [4.69, 9.17) is 0 Å². The van der Waals surface area contributed by atoms with Crippen LogP contribution in [0, 0.1) is 0 Å². The number of hydrogen-bond donors (Lipinski definition) is 0. The van der Waals surface area contributed by atoms with Gasteiger partial charge in [0.1, 0.15) is 17.3 Å². The maximum Gasteiger partial charge on any atom is 0.150 e. The molecule has 6 heteroatoms. The zero-order valence-corrected chi connectivity index (χ0v) is 29.3. The van der Waals surface area contributed by atoms with Gasteiger partial charge in [-0.3, -0.25) is 4.79 Å². The standard InChI is InChI=1S/C43H39N3OS2/c1-2-11-33(34-22-24-38(25-23-34)46(36-14-5-3-6-15-36)37-16-7-4-8-17-37)13-10-9-12-32-28-41(48-30-32)40-27-26-39(42-43(40)45-49-44-42)35-20-18-31(29-47)19-21-35/h3-8,14-30,33H,2,9-13H2,1H3. The molecule has 0 saturated heterocycles. The Labute approximate surface area is 297 Å². The summed E-state index contributed by atoms with van der Waals surface area (Å²) in [6.45, 7) is 2.30. The van der Waals surface area contributed by atoms with Gasteiger partial charge < -0.3 is 4.90 Å². The molecule has 1 atom stereocenters. The topological polar surface area (TPSA) is 46.1 Å². The summed E-state index contributed by atoms with van der Waals surface area (Å²) in [7, 11) is 0. The predicted molar refractivity (Wildman–Crippen MR) is 208 cm³/mol. The molecule has 0 radical (unpaired) electrons. The van der Waals surface area contributed by atoms with Crippen LogP contribution in [0.15, 0.2) is 133 Å². The molecule has 0 spiro atoms. The Balaban J connectivity index is 0.997. The van der Waals surface area contributed by atoms with Crippen molar-refractivity contribution in [3.8, 4) is 21.6 Å². The number of anilines is 3. The maximum absolute atomic E-state index is 11.1. The molecule has 49 heavy (non-hydrogen) atoms. The summed E-state index contributed by atoms with van der Waals surface area (Å²) in [6.07, 6.45) is 7.92. The van der Waals surface area contributed by atoms with Gasteiger partial charge in [0.2, 0.25) is 0 Å². The highest BCUT2D eigenvalue weighted by molar-refractivity contribution is 7.13. The molecule has 0 saturated carbocycles. The fourth-order valence-electron chi connectivity index (χ4n) is 6.73. The van der Waals surface area contributed by atoms with E-state index in [0.717, 1.165) is 51.8 Å². The van der Waals surface area contributed by atoms with Gasteiger partial charge in [-0.15, -0.1) is 11.3 Å². The fourth-order valence-corrected chi connectivity index (χ4v) is 8.28. The van der Waals surface area contributed by atoms with Gasteiger partial charge in [-0.1, -0.05) is 105 Å². The number of aromatic nitrogens is 2. The highest BCUT2D eigenvalue weighted by Gasteiger charge is 2.17. The molecule has 2 heterocycles. The molecule has 0 N–H and O–H groups in total. The first-order chi connectivity index (χ1) is 24.2. The SMILES string of the molecule is CCCC(CCCCc1csc(-c2ccc(-c3ccc(C=O)cc3)c3nsnc23)c1)c1ccc(N(c2ccccc2)c2ccccc2)cc1. The summed E-state index contributed by atoms with van der Waals surface area (Å²) < 4.78 is 9.34. The number of thiophene rings is 1. The quantitative estimate of drug-likeness (QED) is 0.0849. The van der Waals surface area contributed by atoms with E-state index in [1.807, 2.05) is 24.3 Å². The second kappa shape index (κ2) is 15.5. The predicted octanol–water partition coefficient (Wildman–Crippen LogP) is 12.7. The number of unbranched alkanes of at least 4 members (excludes halogenated alkanes) is 1. The molecule has 1 unspecified atom stereocenters. The van der Waals surface area contributed by atoms with Gasteiger partial charge in [-0.05, 0) is 96.1 Å². The number of aldehydes is 1. The molecule has 2 aromatic heterocycles. The zero-order chi connectivity index (χ0) is 33.4. The van der Waals surface area contributed by atoms with Gasteiger partial charge in [-0.2, -0.15) is 8.75 Å². The van der Waals surface area contributed by atoms with E-state index in [1.165, 1.54) is 65.5 Å². The smallest absolute Gasteiger partial charge is 0.150 e. The Kier molecular flexibility index (Phi) is 10.3. The zero-order valence-electron chi connectivity index (χ0n) is 27.7. The minimum Gasteiger partial charge on any atom is -0.311 e. The third-order valence-corrected chi connectivity index (χ3v) is 10.8. The summed E-state index contributed by atoms with van der Waals surface area (Å²) in [5.74, 6) is 0.567. The first-order valence-electron chi connectivity index (χ1n) is 17.1. The van der Waals surface area contributed by atoms with Crippen molar-refractivity contribution in [2.75, 3.05) is 4.90 Å². The number of carbonyl (C=O) groups is 1. The lowest BCUT2D eigenvalue weighted by molar-refractivity contribution is 0.112. The molecule has 0 aliphatic rings. The van der Waals surface area contributed by atoms with E-state index in [2.05, 4.69) is 129 Å². The van der Waals surface area contributed by atoms with Crippen LogP contribution in [0.4, 0.5) is 17.1 Å². The van der Waals surface area contributed by atoms with Crippen LogP contribution in [-0.4, -0.2) is 15.0 Å². The normalized spacial score (nSPS) is 11.9. The first-order valence-corrected chi connectivity index (χ1v) is 18.7. The van der Waals surface area contributed by atoms with Crippen molar-refractivity contribution < 1.29 is 4.79 Å². The van der Waals surface area contributed by atoms with Crippen molar-refractivity contribution in [2.45, 2.75) is 51.4 Å². The number of aryl methyl sites for hydroxylation is 1. The van der Waals surface area contributed by atoms with Gasteiger partial charge >= 0.3 is 0 Å². The lowest BCUT2D eigenvalue weighted by Crippen LogP contribution is -2.10. The van der Waals surface area contributed by atoms with Crippen LogP contribution >= 0.6 is 23.1 Å². The molecular weight excluding hydrogens is 639 g/mol. The second-order valence-corrected chi connectivity index (χ2v) is 14.0. The number of para-hydroxylation sites is 2. The Bertz CT molecular complexity index is 2060. The van der Waals surface area contributed by atoms with Crippen molar-refractivity contribution >= 4 is 57.4 Å². The Hall–Kier alpha value is -4.91. The third kappa shape index (κ3) is 7.41. The molecule has 0 aliphatic heterocycles. The third-order valence-electron chi connectivity index (χ3n) is 9.25. The van der Waals surface area contributed by atoms with Gasteiger partial charge in [0, 0.05) is 38.6 Å².